The minimum absolute atomic E-state index is 0.0156. The third kappa shape index (κ3) is 4.60. The van der Waals surface area contributed by atoms with Crippen LogP contribution in [0.4, 0.5) is 17.3 Å². The number of benzene rings is 1. The molecule has 31 heavy (non-hydrogen) atoms. The molecule has 0 saturated carbocycles. The number of anilines is 2. The van der Waals surface area contributed by atoms with Crippen molar-refractivity contribution in [3.8, 4) is 0 Å². The smallest absolute Gasteiger partial charge is 0.269 e. The number of nitro groups is 1. The Hall–Kier alpha value is -3.23. The highest BCUT2D eigenvalue weighted by atomic mass is 16.6. The number of non-ortho nitro benzene ring substituents is 1. The van der Waals surface area contributed by atoms with Gasteiger partial charge in [-0.15, -0.1) is 10.2 Å². The van der Waals surface area contributed by atoms with Crippen LogP contribution in [0.3, 0.4) is 0 Å². The number of hydrogen-bond acceptors (Lipinski definition) is 7. The molecule has 0 N–H and O–H groups in total. The largest absolute Gasteiger partial charge is 0.352 e. The molecular weight excluding hydrogens is 396 g/mol. The number of rotatable bonds is 5. The van der Waals surface area contributed by atoms with Gasteiger partial charge < -0.3 is 14.7 Å². The molecule has 1 aromatic heterocycles. The van der Waals surface area contributed by atoms with E-state index in [0.29, 0.717) is 37.8 Å². The van der Waals surface area contributed by atoms with Crippen LogP contribution in [0.5, 0.6) is 0 Å². The second-order valence-electron chi connectivity index (χ2n) is 8.08. The first-order valence-electron chi connectivity index (χ1n) is 11.0. The van der Waals surface area contributed by atoms with Gasteiger partial charge in [0.2, 0.25) is 0 Å². The highest BCUT2D eigenvalue weighted by Gasteiger charge is 2.25. The van der Waals surface area contributed by atoms with Crippen molar-refractivity contribution in [2.75, 3.05) is 42.5 Å². The van der Waals surface area contributed by atoms with Gasteiger partial charge in [-0.3, -0.25) is 14.9 Å². The summed E-state index contributed by atoms with van der Waals surface area (Å²) >= 11 is 0. The van der Waals surface area contributed by atoms with E-state index < -0.39 is 4.92 Å². The summed E-state index contributed by atoms with van der Waals surface area (Å²) in [5, 5.41) is 19.8. The van der Waals surface area contributed by atoms with Crippen LogP contribution in [-0.4, -0.2) is 64.7 Å². The SMILES string of the molecule is CCC1CCCCN1c1ccc(N2CCN(C(=O)c3ccc([N+](=O)[O-])cc3)CC2)nn1. The minimum Gasteiger partial charge on any atom is -0.352 e. The molecule has 0 aliphatic carbocycles. The number of nitrogens with zero attached hydrogens (tertiary/aromatic N) is 6. The molecule has 1 amide bonds. The van der Waals surface area contributed by atoms with Gasteiger partial charge >= 0.3 is 0 Å². The molecule has 1 atom stereocenters. The average molecular weight is 425 g/mol. The fraction of sp³-hybridized carbons (Fsp3) is 0.500. The van der Waals surface area contributed by atoms with Gasteiger partial charge in [0.25, 0.3) is 11.6 Å². The second-order valence-corrected chi connectivity index (χ2v) is 8.08. The lowest BCUT2D eigenvalue weighted by Gasteiger charge is -2.37. The topological polar surface area (TPSA) is 95.7 Å². The summed E-state index contributed by atoms with van der Waals surface area (Å²) in [5.41, 5.74) is 0.452. The predicted octanol–water partition coefficient (Wildman–Crippen LogP) is 3.12. The average Bonchev–Trinajstić information content (AvgIpc) is 2.84. The van der Waals surface area contributed by atoms with Gasteiger partial charge in [-0.25, -0.2) is 0 Å². The van der Waals surface area contributed by atoms with Crippen LogP contribution in [0.1, 0.15) is 43.0 Å². The molecular formula is C22H28N6O3. The van der Waals surface area contributed by atoms with Crippen molar-refractivity contribution in [3.63, 3.8) is 0 Å². The lowest BCUT2D eigenvalue weighted by Crippen LogP contribution is -2.49. The molecule has 4 rings (SSSR count). The number of carbonyl (C=O) groups excluding carboxylic acids is 1. The first-order valence-corrected chi connectivity index (χ1v) is 11.0. The van der Waals surface area contributed by atoms with Gasteiger partial charge in [-0.05, 0) is 49.9 Å². The van der Waals surface area contributed by atoms with Crippen molar-refractivity contribution in [2.24, 2.45) is 0 Å². The first kappa shape index (κ1) is 21.0. The maximum atomic E-state index is 12.7. The van der Waals surface area contributed by atoms with Gasteiger partial charge in [0, 0.05) is 56.5 Å². The molecule has 0 spiro atoms. The summed E-state index contributed by atoms with van der Waals surface area (Å²) in [4.78, 5) is 29.3. The fourth-order valence-corrected chi connectivity index (χ4v) is 4.41. The molecule has 2 saturated heterocycles. The summed E-state index contributed by atoms with van der Waals surface area (Å²) in [6, 6.07) is 10.4. The lowest BCUT2D eigenvalue weighted by molar-refractivity contribution is -0.384. The van der Waals surface area contributed by atoms with Crippen molar-refractivity contribution in [1.29, 1.82) is 0 Å². The zero-order valence-corrected chi connectivity index (χ0v) is 17.8. The number of carbonyl (C=O) groups is 1. The van der Waals surface area contributed by atoms with E-state index in [1.54, 1.807) is 4.90 Å². The maximum absolute atomic E-state index is 12.7. The number of hydrogen-bond donors (Lipinski definition) is 0. The Balaban J connectivity index is 1.35. The van der Waals surface area contributed by atoms with E-state index in [9.17, 15) is 14.9 Å². The van der Waals surface area contributed by atoms with Crippen molar-refractivity contribution < 1.29 is 9.72 Å². The summed E-state index contributed by atoms with van der Waals surface area (Å²) in [5.74, 6) is 1.67. The zero-order valence-electron chi connectivity index (χ0n) is 17.8. The van der Waals surface area contributed by atoms with E-state index in [-0.39, 0.29) is 11.6 Å². The van der Waals surface area contributed by atoms with E-state index in [1.165, 1.54) is 43.5 Å². The maximum Gasteiger partial charge on any atom is 0.269 e. The van der Waals surface area contributed by atoms with E-state index in [0.717, 1.165) is 24.6 Å². The third-order valence-electron chi connectivity index (χ3n) is 6.24. The van der Waals surface area contributed by atoms with Gasteiger partial charge in [0.05, 0.1) is 4.92 Å². The van der Waals surface area contributed by atoms with Crippen LogP contribution in [0.15, 0.2) is 36.4 Å². The molecule has 2 aliphatic heterocycles. The van der Waals surface area contributed by atoms with Crippen LogP contribution >= 0.6 is 0 Å². The Morgan fingerprint density at radius 3 is 2.29 bits per heavy atom. The standard InChI is InChI=1S/C22H28N6O3/c1-2-18-5-3-4-12-27(18)21-11-10-20(23-24-21)25-13-15-26(16-14-25)22(29)17-6-8-19(9-7-17)28(30)31/h6-11,18H,2-5,12-16H2,1H3. The molecule has 164 valence electrons. The predicted molar refractivity (Wildman–Crippen MR) is 119 cm³/mol. The molecule has 2 aromatic rings. The van der Waals surface area contributed by atoms with Crippen LogP contribution in [0.2, 0.25) is 0 Å². The number of amides is 1. The normalized spacial score (nSPS) is 19.4. The number of aromatic nitrogens is 2. The molecule has 1 aromatic carbocycles. The van der Waals surface area contributed by atoms with Crippen LogP contribution in [0.25, 0.3) is 0 Å². The zero-order chi connectivity index (χ0) is 21.8. The molecule has 2 fully saturated rings. The monoisotopic (exact) mass is 424 g/mol. The van der Waals surface area contributed by atoms with Crippen molar-refractivity contribution in [2.45, 2.75) is 38.6 Å². The van der Waals surface area contributed by atoms with E-state index in [1.807, 2.05) is 6.07 Å². The molecule has 3 heterocycles. The minimum atomic E-state index is -0.465. The number of nitro benzene ring substituents is 1. The summed E-state index contributed by atoms with van der Waals surface area (Å²) in [7, 11) is 0. The lowest BCUT2D eigenvalue weighted by atomic mass is 10.0. The molecule has 9 heteroatoms. The third-order valence-corrected chi connectivity index (χ3v) is 6.24. The molecule has 1 unspecified atom stereocenters. The Morgan fingerprint density at radius 1 is 1.00 bits per heavy atom. The van der Waals surface area contributed by atoms with Gasteiger partial charge in [0.1, 0.15) is 0 Å². The second kappa shape index (κ2) is 9.28. The molecule has 0 bridgehead atoms. The van der Waals surface area contributed by atoms with E-state index in [2.05, 4.69) is 33.0 Å². The number of piperazine rings is 1. The Morgan fingerprint density at radius 2 is 1.68 bits per heavy atom. The van der Waals surface area contributed by atoms with Gasteiger partial charge in [0.15, 0.2) is 11.6 Å². The van der Waals surface area contributed by atoms with Crippen molar-refractivity contribution in [1.82, 2.24) is 15.1 Å². The Kier molecular flexibility index (Phi) is 6.29. The van der Waals surface area contributed by atoms with E-state index >= 15 is 0 Å². The molecule has 0 radical (unpaired) electrons. The highest BCUT2D eigenvalue weighted by molar-refractivity contribution is 5.94. The van der Waals surface area contributed by atoms with Gasteiger partial charge in [-0.2, -0.15) is 0 Å². The summed E-state index contributed by atoms with van der Waals surface area (Å²) < 4.78 is 0. The molecule has 9 nitrogen and oxygen atoms in total. The van der Waals surface area contributed by atoms with Crippen LogP contribution in [0, 0.1) is 10.1 Å². The highest BCUT2D eigenvalue weighted by Crippen LogP contribution is 2.25. The quantitative estimate of drug-likeness (QED) is 0.537. The van der Waals surface area contributed by atoms with Crippen LogP contribution < -0.4 is 9.80 Å². The summed E-state index contributed by atoms with van der Waals surface area (Å²) in [6.45, 7) is 5.76. The summed E-state index contributed by atoms with van der Waals surface area (Å²) in [6.07, 6.45) is 4.81. The Labute approximate surface area is 181 Å². The van der Waals surface area contributed by atoms with Crippen molar-refractivity contribution >= 4 is 23.2 Å². The van der Waals surface area contributed by atoms with Gasteiger partial charge in [-0.1, -0.05) is 6.92 Å². The van der Waals surface area contributed by atoms with Crippen LogP contribution in [-0.2, 0) is 0 Å². The van der Waals surface area contributed by atoms with Crippen molar-refractivity contribution in [3.05, 3.63) is 52.1 Å². The Bertz CT molecular complexity index is 910. The fourth-order valence-electron chi connectivity index (χ4n) is 4.41. The van der Waals surface area contributed by atoms with E-state index in [4.69, 9.17) is 0 Å². The first-order chi connectivity index (χ1) is 15.1. The molecule has 2 aliphatic rings. The number of piperidine rings is 1.